The molecule has 0 fully saturated rings. The smallest absolute Gasteiger partial charge is 0.264 e. The fourth-order valence-electron chi connectivity index (χ4n) is 3.36. The van der Waals surface area contributed by atoms with E-state index in [-0.39, 0.29) is 16.3 Å². The Bertz CT molecular complexity index is 1220. The van der Waals surface area contributed by atoms with E-state index in [1.807, 2.05) is 49.2 Å². The normalized spacial score (nSPS) is 11.1. The van der Waals surface area contributed by atoms with E-state index in [1.165, 1.54) is 25.3 Å². The van der Waals surface area contributed by atoms with Crippen LogP contribution in [-0.2, 0) is 14.8 Å². The molecule has 0 radical (unpaired) electrons. The molecule has 0 unspecified atom stereocenters. The van der Waals surface area contributed by atoms with Crippen molar-refractivity contribution in [3.63, 3.8) is 0 Å². The first-order valence-electron chi connectivity index (χ1n) is 10.7. The number of sulfonamides is 1. The van der Waals surface area contributed by atoms with E-state index < -0.39 is 22.5 Å². The molecular weight excluding hydrogens is 474 g/mol. The molecule has 0 saturated heterocycles. The summed E-state index contributed by atoms with van der Waals surface area (Å²) in [4.78, 5) is 14.9. The standard InChI is InChI=1S/C25H28ClN3O4S/c1-19-9-12-22(13-10-19)34(31,32)29(23-17-20(26)11-14-24(23)33-3)18-25(30)27-15-16-28(2)21-7-5-4-6-8-21/h4-14,17H,15-16,18H2,1-3H3,(H,27,30). The minimum absolute atomic E-state index is 0.0664. The van der Waals surface area contributed by atoms with Gasteiger partial charge in [-0.05, 0) is 49.4 Å². The molecule has 0 spiro atoms. The molecule has 3 rings (SSSR count). The molecule has 34 heavy (non-hydrogen) atoms. The number of carbonyl (C=O) groups excluding carboxylic acids is 1. The van der Waals surface area contributed by atoms with Gasteiger partial charge in [-0.25, -0.2) is 8.42 Å². The van der Waals surface area contributed by atoms with Crippen LogP contribution in [0.1, 0.15) is 5.56 Å². The second kappa shape index (κ2) is 11.3. The first kappa shape index (κ1) is 25.4. The largest absolute Gasteiger partial charge is 0.495 e. The number of methoxy groups -OCH3 is 1. The number of rotatable bonds is 10. The molecule has 7 nitrogen and oxygen atoms in total. The lowest BCUT2D eigenvalue weighted by molar-refractivity contribution is -0.119. The predicted octanol–water partition coefficient (Wildman–Crippen LogP) is 4.10. The number of likely N-dealkylation sites (N-methyl/N-ethyl adjacent to an activating group) is 1. The maximum absolute atomic E-state index is 13.6. The molecule has 0 aliphatic carbocycles. The fourth-order valence-corrected chi connectivity index (χ4v) is 4.95. The highest BCUT2D eigenvalue weighted by molar-refractivity contribution is 7.92. The number of nitrogens with one attached hydrogen (secondary N) is 1. The number of halogens is 1. The third-order valence-electron chi connectivity index (χ3n) is 5.27. The third-order valence-corrected chi connectivity index (χ3v) is 7.28. The Morgan fingerprint density at radius 3 is 2.35 bits per heavy atom. The summed E-state index contributed by atoms with van der Waals surface area (Å²) in [5, 5.41) is 3.13. The van der Waals surface area contributed by atoms with Crippen LogP contribution in [0.2, 0.25) is 5.02 Å². The van der Waals surface area contributed by atoms with Crippen LogP contribution in [0.4, 0.5) is 11.4 Å². The zero-order valence-electron chi connectivity index (χ0n) is 19.4. The van der Waals surface area contributed by atoms with Gasteiger partial charge in [-0.15, -0.1) is 0 Å². The maximum atomic E-state index is 13.6. The molecule has 0 heterocycles. The summed E-state index contributed by atoms with van der Waals surface area (Å²) >= 11 is 6.16. The van der Waals surface area contributed by atoms with Gasteiger partial charge in [0.15, 0.2) is 0 Å². The average molecular weight is 502 g/mol. The van der Waals surface area contributed by atoms with Crippen molar-refractivity contribution in [1.29, 1.82) is 0 Å². The van der Waals surface area contributed by atoms with Gasteiger partial charge in [0.2, 0.25) is 5.91 Å². The summed E-state index contributed by atoms with van der Waals surface area (Å²) in [5.74, 6) is -0.157. The van der Waals surface area contributed by atoms with Gasteiger partial charge in [-0.3, -0.25) is 9.10 Å². The lowest BCUT2D eigenvalue weighted by Crippen LogP contribution is -2.42. The van der Waals surface area contributed by atoms with E-state index >= 15 is 0 Å². The van der Waals surface area contributed by atoms with E-state index in [9.17, 15) is 13.2 Å². The molecule has 3 aromatic rings. The number of ether oxygens (including phenoxy) is 1. The Hall–Kier alpha value is -3.23. The Morgan fingerprint density at radius 2 is 1.71 bits per heavy atom. The summed E-state index contributed by atoms with van der Waals surface area (Å²) in [6.45, 7) is 2.34. The maximum Gasteiger partial charge on any atom is 0.264 e. The Balaban J connectivity index is 1.82. The van der Waals surface area contributed by atoms with Crippen LogP contribution in [0, 0.1) is 6.92 Å². The Morgan fingerprint density at radius 1 is 1.03 bits per heavy atom. The van der Waals surface area contributed by atoms with E-state index in [0.29, 0.717) is 18.1 Å². The van der Waals surface area contributed by atoms with Gasteiger partial charge in [0, 0.05) is 30.8 Å². The number of nitrogens with zero attached hydrogens (tertiary/aromatic N) is 2. The number of anilines is 2. The monoisotopic (exact) mass is 501 g/mol. The molecule has 3 aromatic carbocycles. The zero-order chi connectivity index (χ0) is 24.7. The first-order chi connectivity index (χ1) is 16.2. The molecule has 1 N–H and O–H groups in total. The summed E-state index contributed by atoms with van der Waals surface area (Å²) in [6.07, 6.45) is 0. The first-order valence-corrected chi connectivity index (χ1v) is 12.5. The van der Waals surface area contributed by atoms with Crippen molar-refractivity contribution in [2.24, 2.45) is 0 Å². The van der Waals surface area contributed by atoms with Crippen molar-refractivity contribution in [2.75, 3.05) is 43.0 Å². The quantitative estimate of drug-likeness (QED) is 0.452. The van der Waals surface area contributed by atoms with Crippen LogP contribution in [0.5, 0.6) is 5.75 Å². The molecule has 0 aromatic heterocycles. The molecule has 0 atom stereocenters. The van der Waals surface area contributed by atoms with E-state index in [4.69, 9.17) is 16.3 Å². The molecule has 180 valence electrons. The summed E-state index contributed by atoms with van der Waals surface area (Å²) in [7, 11) is -0.720. The van der Waals surface area contributed by atoms with Crippen LogP contribution in [-0.4, -0.2) is 48.1 Å². The van der Waals surface area contributed by atoms with Crippen LogP contribution in [0.25, 0.3) is 0 Å². The fraction of sp³-hybridized carbons (Fsp3) is 0.240. The summed E-state index contributed by atoms with van der Waals surface area (Å²) in [5.41, 5.74) is 2.13. The highest BCUT2D eigenvalue weighted by Crippen LogP contribution is 2.34. The third kappa shape index (κ3) is 6.21. The zero-order valence-corrected chi connectivity index (χ0v) is 20.9. The van der Waals surface area contributed by atoms with Gasteiger partial charge in [-0.1, -0.05) is 47.5 Å². The summed E-state index contributed by atoms with van der Waals surface area (Å²) < 4.78 is 33.5. The van der Waals surface area contributed by atoms with Gasteiger partial charge < -0.3 is 15.0 Å². The highest BCUT2D eigenvalue weighted by Gasteiger charge is 2.29. The average Bonchev–Trinajstić information content (AvgIpc) is 2.83. The van der Waals surface area contributed by atoms with Crippen LogP contribution in [0.3, 0.4) is 0 Å². The van der Waals surface area contributed by atoms with Crippen molar-refractivity contribution >= 4 is 38.9 Å². The molecule has 0 aliphatic heterocycles. The SMILES string of the molecule is COc1ccc(Cl)cc1N(CC(=O)NCCN(C)c1ccccc1)S(=O)(=O)c1ccc(C)cc1. The lowest BCUT2D eigenvalue weighted by Gasteiger charge is -2.26. The number of benzene rings is 3. The van der Waals surface area contributed by atoms with Gasteiger partial charge in [0.1, 0.15) is 12.3 Å². The summed E-state index contributed by atoms with van der Waals surface area (Å²) in [6, 6.07) is 20.9. The van der Waals surface area contributed by atoms with Crippen molar-refractivity contribution in [3.8, 4) is 5.75 Å². The Kier molecular flexibility index (Phi) is 8.41. The van der Waals surface area contributed by atoms with Crippen molar-refractivity contribution in [1.82, 2.24) is 5.32 Å². The molecular formula is C25H28ClN3O4S. The number of hydrogen-bond donors (Lipinski definition) is 1. The lowest BCUT2D eigenvalue weighted by atomic mass is 10.2. The van der Waals surface area contributed by atoms with Crippen molar-refractivity contribution < 1.29 is 17.9 Å². The Labute approximate surface area is 206 Å². The van der Waals surface area contributed by atoms with Crippen molar-refractivity contribution in [3.05, 3.63) is 83.4 Å². The molecule has 1 amide bonds. The number of aryl methyl sites for hydroxylation is 1. The topological polar surface area (TPSA) is 79.0 Å². The van der Waals surface area contributed by atoms with Gasteiger partial charge >= 0.3 is 0 Å². The predicted molar refractivity (Wildman–Crippen MR) is 136 cm³/mol. The number of hydrogen-bond acceptors (Lipinski definition) is 5. The van der Waals surface area contributed by atoms with E-state index in [0.717, 1.165) is 15.6 Å². The molecule has 0 bridgehead atoms. The van der Waals surface area contributed by atoms with Crippen molar-refractivity contribution in [2.45, 2.75) is 11.8 Å². The van der Waals surface area contributed by atoms with Gasteiger partial charge in [0.05, 0.1) is 17.7 Å². The van der Waals surface area contributed by atoms with E-state index in [1.54, 1.807) is 24.3 Å². The molecule has 0 aliphatic rings. The molecule has 0 saturated carbocycles. The minimum Gasteiger partial charge on any atom is -0.495 e. The second-order valence-electron chi connectivity index (χ2n) is 7.75. The molecule has 9 heteroatoms. The minimum atomic E-state index is -4.08. The number of carbonyl (C=O) groups is 1. The van der Waals surface area contributed by atoms with Crippen LogP contribution in [0.15, 0.2) is 77.7 Å². The highest BCUT2D eigenvalue weighted by atomic mass is 35.5. The van der Waals surface area contributed by atoms with Gasteiger partial charge in [-0.2, -0.15) is 0 Å². The number of para-hydroxylation sites is 1. The van der Waals surface area contributed by atoms with Crippen LogP contribution >= 0.6 is 11.6 Å². The van der Waals surface area contributed by atoms with E-state index in [2.05, 4.69) is 5.32 Å². The number of amides is 1. The van der Waals surface area contributed by atoms with Crippen LogP contribution < -0.4 is 19.3 Å². The second-order valence-corrected chi connectivity index (χ2v) is 10.0. The van der Waals surface area contributed by atoms with Gasteiger partial charge in [0.25, 0.3) is 10.0 Å².